The number of carboxylic acid groups (broad SMARTS) is 1. The van der Waals surface area contributed by atoms with Crippen LogP contribution in [0.4, 0.5) is 4.39 Å². The fourth-order valence-electron chi connectivity index (χ4n) is 4.94. The van der Waals surface area contributed by atoms with E-state index in [9.17, 15) is 19.1 Å². The Labute approximate surface area is 220 Å². The Morgan fingerprint density at radius 2 is 1.92 bits per heavy atom. The van der Waals surface area contributed by atoms with Gasteiger partial charge in [0.2, 0.25) is 0 Å². The van der Waals surface area contributed by atoms with E-state index in [2.05, 4.69) is 10.3 Å². The molecule has 194 valence electrons. The summed E-state index contributed by atoms with van der Waals surface area (Å²) in [6.07, 6.45) is 6.14. The van der Waals surface area contributed by atoms with Gasteiger partial charge in [0.25, 0.3) is 5.91 Å². The monoisotopic (exact) mass is 512 g/mol. The first-order valence-corrected chi connectivity index (χ1v) is 12.9. The summed E-state index contributed by atoms with van der Waals surface area (Å²) in [6, 6.07) is 15.2. The number of aromatic nitrogens is 3. The van der Waals surface area contributed by atoms with Gasteiger partial charge in [-0.3, -0.25) is 14.6 Å². The third-order valence-corrected chi connectivity index (χ3v) is 7.10. The fourth-order valence-corrected chi connectivity index (χ4v) is 4.94. The van der Waals surface area contributed by atoms with Crippen molar-refractivity contribution in [2.75, 3.05) is 0 Å². The van der Waals surface area contributed by atoms with E-state index in [1.807, 2.05) is 12.1 Å². The fraction of sp³-hybridized carbons (Fsp3) is 0.300. The van der Waals surface area contributed by atoms with E-state index >= 15 is 0 Å². The van der Waals surface area contributed by atoms with Crippen molar-refractivity contribution in [3.05, 3.63) is 89.1 Å². The molecule has 2 aromatic heterocycles. The maximum Gasteiger partial charge on any atom is 0.306 e. The zero-order valence-electron chi connectivity index (χ0n) is 21.2. The van der Waals surface area contributed by atoms with E-state index in [0.29, 0.717) is 47.2 Å². The number of nitrogens with zero attached hydrogens (tertiary/aromatic N) is 3. The number of carboxylic acids is 1. The van der Waals surface area contributed by atoms with Crippen molar-refractivity contribution in [3.8, 4) is 11.3 Å². The SMILES string of the molecule is CC(CCCc1nc2cc(C(=O)NC3CCCc4ncccc43)ccc2nc1-c1ccc(F)cc1)C(=O)O. The van der Waals surface area contributed by atoms with Crippen LogP contribution in [0.1, 0.15) is 66.0 Å². The third-order valence-electron chi connectivity index (χ3n) is 7.10. The molecule has 0 radical (unpaired) electrons. The molecule has 5 rings (SSSR count). The second-order valence-corrected chi connectivity index (χ2v) is 9.82. The number of rotatable bonds is 8. The van der Waals surface area contributed by atoms with Crippen LogP contribution in [-0.2, 0) is 17.6 Å². The number of hydrogen-bond acceptors (Lipinski definition) is 5. The molecule has 4 aromatic rings. The standard InChI is InChI=1S/C30H29FN4O3/c1-18(30(37)38)5-2-9-26-28(19-10-13-21(31)14-11-19)34-25-15-12-20(17-27(25)33-26)29(36)35-24-8-3-7-23-22(24)6-4-16-32-23/h4,6,10-18,24H,2-3,5,7-9H2,1H3,(H,35,36)(H,37,38). The van der Waals surface area contributed by atoms with Gasteiger partial charge >= 0.3 is 5.97 Å². The Morgan fingerprint density at radius 1 is 1.11 bits per heavy atom. The number of amides is 1. The first-order chi connectivity index (χ1) is 18.4. The molecule has 0 aliphatic heterocycles. The molecular weight excluding hydrogens is 483 g/mol. The Hall–Kier alpha value is -4.20. The predicted molar refractivity (Wildman–Crippen MR) is 142 cm³/mol. The van der Waals surface area contributed by atoms with Crippen molar-refractivity contribution in [2.45, 2.75) is 51.5 Å². The highest BCUT2D eigenvalue weighted by atomic mass is 19.1. The number of aliphatic carboxylic acids is 1. The van der Waals surface area contributed by atoms with Crippen LogP contribution < -0.4 is 5.32 Å². The summed E-state index contributed by atoms with van der Waals surface area (Å²) in [5.74, 6) is -1.82. The highest BCUT2D eigenvalue weighted by Gasteiger charge is 2.23. The molecule has 1 amide bonds. The van der Waals surface area contributed by atoms with Gasteiger partial charge in [-0.15, -0.1) is 0 Å². The topological polar surface area (TPSA) is 105 Å². The molecule has 2 heterocycles. The number of pyridine rings is 1. The predicted octanol–water partition coefficient (Wildman–Crippen LogP) is 5.68. The molecule has 0 saturated heterocycles. The summed E-state index contributed by atoms with van der Waals surface area (Å²) >= 11 is 0. The molecule has 2 atom stereocenters. The molecule has 7 nitrogen and oxygen atoms in total. The van der Waals surface area contributed by atoms with Crippen molar-refractivity contribution in [1.29, 1.82) is 0 Å². The lowest BCUT2D eigenvalue weighted by Crippen LogP contribution is -2.31. The summed E-state index contributed by atoms with van der Waals surface area (Å²) in [6.45, 7) is 1.68. The van der Waals surface area contributed by atoms with Crippen molar-refractivity contribution >= 4 is 22.9 Å². The van der Waals surface area contributed by atoms with Crippen LogP contribution >= 0.6 is 0 Å². The zero-order valence-corrected chi connectivity index (χ0v) is 21.2. The minimum absolute atomic E-state index is 0.0885. The smallest absolute Gasteiger partial charge is 0.306 e. The molecule has 2 N–H and O–H groups in total. The second kappa shape index (κ2) is 11.0. The number of carbonyl (C=O) groups is 2. The molecule has 1 aliphatic carbocycles. The minimum Gasteiger partial charge on any atom is -0.481 e. The number of halogens is 1. The summed E-state index contributed by atoms with van der Waals surface area (Å²) in [4.78, 5) is 38.6. The molecule has 0 saturated carbocycles. The van der Waals surface area contributed by atoms with Gasteiger partial charge in [-0.2, -0.15) is 0 Å². The van der Waals surface area contributed by atoms with Crippen LogP contribution in [0.2, 0.25) is 0 Å². The zero-order chi connectivity index (χ0) is 26.6. The number of aryl methyl sites for hydroxylation is 2. The van der Waals surface area contributed by atoms with Crippen molar-refractivity contribution in [2.24, 2.45) is 5.92 Å². The average molecular weight is 513 g/mol. The highest BCUT2D eigenvalue weighted by molar-refractivity contribution is 5.97. The lowest BCUT2D eigenvalue weighted by Gasteiger charge is -2.25. The summed E-state index contributed by atoms with van der Waals surface area (Å²) in [5.41, 5.74) is 5.83. The van der Waals surface area contributed by atoms with E-state index in [4.69, 9.17) is 9.97 Å². The highest BCUT2D eigenvalue weighted by Crippen LogP contribution is 2.29. The molecule has 0 spiro atoms. The lowest BCUT2D eigenvalue weighted by molar-refractivity contribution is -0.141. The van der Waals surface area contributed by atoms with Gasteiger partial charge in [0.05, 0.1) is 34.4 Å². The van der Waals surface area contributed by atoms with Gasteiger partial charge in [-0.25, -0.2) is 14.4 Å². The second-order valence-electron chi connectivity index (χ2n) is 9.82. The van der Waals surface area contributed by atoms with E-state index in [1.54, 1.807) is 43.5 Å². The van der Waals surface area contributed by atoms with Gasteiger partial charge in [0, 0.05) is 23.0 Å². The molecular formula is C30H29FN4O3. The van der Waals surface area contributed by atoms with Gasteiger partial charge in [-0.05, 0) is 92.6 Å². The van der Waals surface area contributed by atoms with Gasteiger partial charge in [-0.1, -0.05) is 13.0 Å². The molecule has 8 heteroatoms. The number of hydrogen-bond donors (Lipinski definition) is 2. The molecule has 1 aliphatic rings. The molecule has 2 aromatic carbocycles. The van der Waals surface area contributed by atoms with Crippen molar-refractivity contribution < 1.29 is 19.1 Å². The van der Waals surface area contributed by atoms with E-state index in [0.717, 1.165) is 36.1 Å². The number of nitrogens with one attached hydrogen (secondary N) is 1. The molecule has 2 unspecified atom stereocenters. The first-order valence-electron chi connectivity index (χ1n) is 12.9. The lowest BCUT2D eigenvalue weighted by atomic mass is 9.91. The van der Waals surface area contributed by atoms with Crippen molar-refractivity contribution in [1.82, 2.24) is 20.3 Å². The summed E-state index contributed by atoms with van der Waals surface area (Å²) in [7, 11) is 0. The first kappa shape index (κ1) is 25.4. The number of benzene rings is 2. The van der Waals surface area contributed by atoms with Gasteiger partial charge in [0.1, 0.15) is 5.82 Å². The maximum absolute atomic E-state index is 13.6. The van der Waals surface area contributed by atoms with E-state index in [1.165, 1.54) is 12.1 Å². The normalized spacial score (nSPS) is 15.6. The molecule has 38 heavy (non-hydrogen) atoms. The quantitative estimate of drug-likeness (QED) is 0.315. The van der Waals surface area contributed by atoms with Gasteiger partial charge in [0.15, 0.2) is 0 Å². The van der Waals surface area contributed by atoms with Gasteiger partial charge < -0.3 is 10.4 Å². The van der Waals surface area contributed by atoms with Crippen LogP contribution in [0.25, 0.3) is 22.3 Å². The Balaban J connectivity index is 1.44. The van der Waals surface area contributed by atoms with Crippen LogP contribution in [0.15, 0.2) is 60.8 Å². The van der Waals surface area contributed by atoms with Crippen molar-refractivity contribution in [3.63, 3.8) is 0 Å². The number of carbonyl (C=O) groups excluding carboxylic acids is 1. The van der Waals surface area contributed by atoms with Crippen LogP contribution in [0.3, 0.4) is 0 Å². The number of fused-ring (bicyclic) bond motifs is 2. The maximum atomic E-state index is 13.6. The van der Waals surface area contributed by atoms with Crippen LogP contribution in [0, 0.1) is 11.7 Å². The largest absolute Gasteiger partial charge is 0.481 e. The molecule has 0 bridgehead atoms. The Morgan fingerprint density at radius 3 is 2.71 bits per heavy atom. The Kier molecular flexibility index (Phi) is 7.40. The average Bonchev–Trinajstić information content (AvgIpc) is 2.93. The Bertz CT molecular complexity index is 1490. The summed E-state index contributed by atoms with van der Waals surface area (Å²) < 4.78 is 13.6. The summed E-state index contributed by atoms with van der Waals surface area (Å²) in [5, 5.41) is 12.4. The van der Waals surface area contributed by atoms with E-state index in [-0.39, 0.29) is 17.8 Å². The van der Waals surface area contributed by atoms with E-state index < -0.39 is 11.9 Å². The molecule has 0 fully saturated rings. The van der Waals surface area contributed by atoms with Crippen LogP contribution in [0.5, 0.6) is 0 Å². The minimum atomic E-state index is -0.833. The van der Waals surface area contributed by atoms with Crippen LogP contribution in [-0.4, -0.2) is 31.9 Å². The third kappa shape index (κ3) is 5.54.